The van der Waals surface area contributed by atoms with E-state index in [0.29, 0.717) is 6.61 Å². The molecule has 1 N–H and O–H groups in total. The lowest BCUT2D eigenvalue weighted by Crippen LogP contribution is -2.09. The average molecular weight is 295 g/mol. The Hall–Kier alpha value is -2.55. The van der Waals surface area contributed by atoms with Crippen LogP contribution >= 0.6 is 0 Å². The molecule has 0 saturated heterocycles. The van der Waals surface area contributed by atoms with Crippen LogP contribution in [0.1, 0.15) is 24.5 Å². The van der Waals surface area contributed by atoms with E-state index in [9.17, 15) is 4.79 Å². The molecule has 0 heterocycles. The van der Waals surface area contributed by atoms with Gasteiger partial charge in [0.1, 0.15) is 5.75 Å². The molecule has 1 amide bonds. The standard InChI is InChI=1S/C19H21NO2/c1-3-13-22-17-10-11-18(15(2)14-17)20-19(21)12-9-16-7-5-4-6-8-16/h4-12,14H,3,13H2,1-2H3,(H,20,21). The number of nitrogens with one attached hydrogen (secondary N) is 1. The third kappa shape index (κ3) is 4.77. The second-order valence-electron chi connectivity index (χ2n) is 5.06. The average Bonchev–Trinajstić information content (AvgIpc) is 2.54. The molecule has 0 aliphatic heterocycles. The molecule has 0 radical (unpaired) electrons. The molecule has 3 heteroatoms. The number of hydrogen-bond donors (Lipinski definition) is 1. The number of ether oxygens (including phenoxy) is 1. The Bertz CT molecular complexity index is 648. The summed E-state index contributed by atoms with van der Waals surface area (Å²) in [6.45, 7) is 4.72. The SMILES string of the molecule is CCCOc1ccc(NC(=O)C=Cc2ccccc2)c(C)c1. The highest BCUT2D eigenvalue weighted by Crippen LogP contribution is 2.21. The molecule has 0 atom stereocenters. The van der Waals surface area contributed by atoms with Crippen LogP contribution in [0.2, 0.25) is 0 Å². The first-order chi connectivity index (χ1) is 10.7. The minimum Gasteiger partial charge on any atom is -0.494 e. The van der Waals surface area contributed by atoms with E-state index < -0.39 is 0 Å². The molecule has 3 nitrogen and oxygen atoms in total. The molecule has 0 aliphatic carbocycles. The van der Waals surface area contributed by atoms with Crippen LogP contribution in [-0.2, 0) is 4.79 Å². The summed E-state index contributed by atoms with van der Waals surface area (Å²) in [5.74, 6) is 0.686. The van der Waals surface area contributed by atoms with E-state index in [4.69, 9.17) is 4.74 Å². The van der Waals surface area contributed by atoms with Crippen LogP contribution in [0, 0.1) is 6.92 Å². The van der Waals surface area contributed by atoms with Crippen LogP contribution in [0.3, 0.4) is 0 Å². The van der Waals surface area contributed by atoms with Gasteiger partial charge in [-0.1, -0.05) is 37.3 Å². The Morgan fingerprint density at radius 2 is 1.95 bits per heavy atom. The Labute approximate surface area is 131 Å². The second-order valence-corrected chi connectivity index (χ2v) is 5.06. The van der Waals surface area contributed by atoms with Crippen LogP contribution in [0.15, 0.2) is 54.6 Å². The first-order valence-corrected chi connectivity index (χ1v) is 7.46. The molecule has 0 unspecified atom stereocenters. The normalized spacial score (nSPS) is 10.6. The van der Waals surface area contributed by atoms with E-state index in [0.717, 1.165) is 29.0 Å². The predicted molar refractivity (Wildman–Crippen MR) is 91.1 cm³/mol. The van der Waals surface area contributed by atoms with E-state index in [-0.39, 0.29) is 5.91 Å². The van der Waals surface area contributed by atoms with Gasteiger partial charge in [-0.2, -0.15) is 0 Å². The summed E-state index contributed by atoms with van der Waals surface area (Å²) >= 11 is 0. The Morgan fingerprint density at radius 1 is 1.18 bits per heavy atom. The molecule has 0 spiro atoms. The third-order valence-electron chi connectivity index (χ3n) is 3.16. The summed E-state index contributed by atoms with van der Waals surface area (Å²) in [5.41, 5.74) is 2.78. The van der Waals surface area contributed by atoms with Gasteiger partial charge in [-0.25, -0.2) is 0 Å². The summed E-state index contributed by atoms with van der Waals surface area (Å²) in [6, 6.07) is 15.4. The molecule has 22 heavy (non-hydrogen) atoms. The first-order valence-electron chi connectivity index (χ1n) is 7.46. The van der Waals surface area contributed by atoms with Gasteiger partial charge in [0.15, 0.2) is 0 Å². The molecule has 2 aromatic carbocycles. The Kier molecular flexibility index (Phi) is 5.78. The number of benzene rings is 2. The number of carbonyl (C=O) groups is 1. The number of anilines is 1. The number of carbonyl (C=O) groups excluding carboxylic acids is 1. The molecule has 0 aliphatic rings. The van der Waals surface area contributed by atoms with E-state index in [1.165, 1.54) is 6.08 Å². The van der Waals surface area contributed by atoms with Crippen molar-refractivity contribution in [1.29, 1.82) is 0 Å². The molecule has 2 rings (SSSR count). The smallest absolute Gasteiger partial charge is 0.248 e. The van der Waals surface area contributed by atoms with Crippen molar-refractivity contribution in [1.82, 2.24) is 0 Å². The zero-order valence-corrected chi connectivity index (χ0v) is 13.0. The van der Waals surface area contributed by atoms with Gasteiger partial charge in [-0.3, -0.25) is 4.79 Å². The quantitative estimate of drug-likeness (QED) is 0.800. The highest BCUT2D eigenvalue weighted by atomic mass is 16.5. The fraction of sp³-hybridized carbons (Fsp3) is 0.211. The lowest BCUT2D eigenvalue weighted by Gasteiger charge is -2.10. The van der Waals surface area contributed by atoms with E-state index >= 15 is 0 Å². The number of aryl methyl sites for hydroxylation is 1. The predicted octanol–water partition coefficient (Wildman–Crippen LogP) is 4.44. The number of hydrogen-bond acceptors (Lipinski definition) is 2. The zero-order valence-electron chi connectivity index (χ0n) is 13.0. The Morgan fingerprint density at radius 3 is 2.64 bits per heavy atom. The maximum absolute atomic E-state index is 12.0. The van der Waals surface area contributed by atoms with Gasteiger partial charge in [-0.15, -0.1) is 0 Å². The lowest BCUT2D eigenvalue weighted by atomic mass is 10.2. The first kappa shape index (κ1) is 15.8. The number of amides is 1. The molecular formula is C19H21NO2. The molecule has 0 saturated carbocycles. The number of rotatable bonds is 6. The Balaban J connectivity index is 1.98. The van der Waals surface area contributed by atoms with Gasteiger partial charge in [0.2, 0.25) is 5.91 Å². The van der Waals surface area contributed by atoms with Crippen LogP contribution in [0.25, 0.3) is 6.08 Å². The zero-order chi connectivity index (χ0) is 15.8. The van der Waals surface area contributed by atoms with Crippen molar-refractivity contribution >= 4 is 17.7 Å². The van der Waals surface area contributed by atoms with Crippen LogP contribution < -0.4 is 10.1 Å². The van der Waals surface area contributed by atoms with Crippen molar-refractivity contribution in [2.75, 3.05) is 11.9 Å². The van der Waals surface area contributed by atoms with Gasteiger partial charge in [0, 0.05) is 11.8 Å². The van der Waals surface area contributed by atoms with Gasteiger partial charge in [0.25, 0.3) is 0 Å². The van der Waals surface area contributed by atoms with Crippen molar-refractivity contribution in [3.8, 4) is 5.75 Å². The van der Waals surface area contributed by atoms with Crippen molar-refractivity contribution in [3.63, 3.8) is 0 Å². The maximum atomic E-state index is 12.0. The second kappa shape index (κ2) is 8.03. The largest absolute Gasteiger partial charge is 0.494 e. The highest BCUT2D eigenvalue weighted by Gasteiger charge is 2.03. The third-order valence-corrected chi connectivity index (χ3v) is 3.16. The highest BCUT2D eigenvalue weighted by molar-refractivity contribution is 6.02. The summed E-state index contributed by atoms with van der Waals surface area (Å²) in [4.78, 5) is 12.0. The lowest BCUT2D eigenvalue weighted by molar-refractivity contribution is -0.111. The van der Waals surface area contributed by atoms with Gasteiger partial charge in [-0.05, 0) is 48.7 Å². The maximum Gasteiger partial charge on any atom is 0.248 e. The fourth-order valence-corrected chi connectivity index (χ4v) is 2.00. The van der Waals surface area contributed by atoms with Crippen molar-refractivity contribution < 1.29 is 9.53 Å². The van der Waals surface area contributed by atoms with Gasteiger partial charge >= 0.3 is 0 Å². The van der Waals surface area contributed by atoms with E-state index in [1.54, 1.807) is 6.08 Å². The topological polar surface area (TPSA) is 38.3 Å². The van der Waals surface area contributed by atoms with Crippen LogP contribution in [0.4, 0.5) is 5.69 Å². The van der Waals surface area contributed by atoms with E-state index in [2.05, 4.69) is 12.2 Å². The summed E-state index contributed by atoms with van der Waals surface area (Å²) in [5, 5.41) is 2.88. The van der Waals surface area contributed by atoms with Crippen LogP contribution in [0.5, 0.6) is 5.75 Å². The molecule has 2 aromatic rings. The molecule has 0 bridgehead atoms. The van der Waals surface area contributed by atoms with Crippen molar-refractivity contribution in [3.05, 3.63) is 65.7 Å². The summed E-state index contributed by atoms with van der Waals surface area (Å²) in [7, 11) is 0. The monoisotopic (exact) mass is 295 g/mol. The minimum atomic E-state index is -0.144. The van der Waals surface area contributed by atoms with Crippen LogP contribution in [-0.4, -0.2) is 12.5 Å². The molecule has 0 aromatic heterocycles. The van der Waals surface area contributed by atoms with Gasteiger partial charge < -0.3 is 10.1 Å². The van der Waals surface area contributed by atoms with Crippen molar-refractivity contribution in [2.24, 2.45) is 0 Å². The molecular weight excluding hydrogens is 274 g/mol. The fourth-order valence-electron chi connectivity index (χ4n) is 2.00. The minimum absolute atomic E-state index is 0.144. The van der Waals surface area contributed by atoms with Gasteiger partial charge in [0.05, 0.1) is 6.61 Å². The molecule has 0 fully saturated rings. The van der Waals surface area contributed by atoms with E-state index in [1.807, 2.05) is 55.5 Å². The molecule has 114 valence electrons. The summed E-state index contributed by atoms with van der Waals surface area (Å²) < 4.78 is 5.57. The van der Waals surface area contributed by atoms with Crippen molar-refractivity contribution in [2.45, 2.75) is 20.3 Å². The summed E-state index contributed by atoms with van der Waals surface area (Å²) in [6.07, 6.45) is 4.31.